The van der Waals surface area contributed by atoms with Gasteiger partial charge >= 0.3 is 6.09 Å². The van der Waals surface area contributed by atoms with Crippen LogP contribution in [-0.2, 0) is 9.53 Å². The number of methoxy groups -OCH3 is 1. The van der Waals surface area contributed by atoms with Crippen LogP contribution in [0.25, 0.3) is 11.0 Å². The number of carbonyl (C=O) groups is 2. The summed E-state index contributed by atoms with van der Waals surface area (Å²) in [5.41, 5.74) is 4.10. The van der Waals surface area contributed by atoms with E-state index < -0.39 is 0 Å². The largest absolute Gasteiger partial charge is 0.481 e. The molecule has 3 aliphatic heterocycles. The topological polar surface area (TPSA) is 118 Å². The van der Waals surface area contributed by atoms with Gasteiger partial charge in [0.05, 0.1) is 36.1 Å². The molecule has 5 heterocycles. The maximum atomic E-state index is 12.7. The fourth-order valence-corrected chi connectivity index (χ4v) is 5.59. The minimum atomic E-state index is -0.390. The predicted octanol–water partition coefficient (Wildman–Crippen LogP) is 2.56. The van der Waals surface area contributed by atoms with Crippen LogP contribution in [0.2, 0.25) is 0 Å². The number of hydrogen-bond donors (Lipinski definition) is 3. The van der Waals surface area contributed by atoms with Crippen molar-refractivity contribution in [1.29, 1.82) is 0 Å². The van der Waals surface area contributed by atoms with Gasteiger partial charge in [0.15, 0.2) is 0 Å². The number of fused-ring (bicyclic) bond motifs is 2. The zero-order valence-corrected chi connectivity index (χ0v) is 20.5. The first-order valence-corrected chi connectivity index (χ1v) is 12.9. The zero-order chi connectivity index (χ0) is 24.6. The smallest absolute Gasteiger partial charge is 0.414 e. The summed E-state index contributed by atoms with van der Waals surface area (Å²) < 4.78 is 11.0. The van der Waals surface area contributed by atoms with Crippen molar-refractivity contribution in [3.8, 4) is 5.88 Å². The molecule has 10 nitrogen and oxygen atoms in total. The van der Waals surface area contributed by atoms with E-state index in [1.54, 1.807) is 18.2 Å². The molecule has 3 N–H and O–H groups in total. The van der Waals surface area contributed by atoms with E-state index in [4.69, 9.17) is 9.47 Å². The fraction of sp³-hybridized carbons (Fsp3) is 0.360. The molecule has 0 aliphatic carbocycles. The SMILES string of the molecule is COc1ccc2nccc(C(NC[C@H]3CN(c4ccc5c(c4)NC(=O)CS5)C(=O)O3)C3CNC3)c2n1. The third-order valence-electron chi connectivity index (χ3n) is 6.77. The number of ether oxygens (including phenoxy) is 2. The van der Waals surface area contributed by atoms with E-state index in [9.17, 15) is 9.59 Å². The molecule has 3 aliphatic rings. The molecule has 6 rings (SSSR count). The summed E-state index contributed by atoms with van der Waals surface area (Å²) in [6, 6.07) is 11.4. The van der Waals surface area contributed by atoms with Gasteiger partial charge in [0.1, 0.15) is 6.10 Å². The molecule has 2 atom stereocenters. The molecule has 36 heavy (non-hydrogen) atoms. The Morgan fingerprint density at radius 1 is 1.25 bits per heavy atom. The van der Waals surface area contributed by atoms with Crippen molar-refractivity contribution in [3.05, 3.63) is 48.2 Å². The molecule has 2 aromatic heterocycles. The number of amides is 2. The van der Waals surface area contributed by atoms with E-state index >= 15 is 0 Å². The van der Waals surface area contributed by atoms with Gasteiger partial charge in [0, 0.05) is 54.4 Å². The van der Waals surface area contributed by atoms with Gasteiger partial charge in [-0.1, -0.05) is 0 Å². The lowest BCUT2D eigenvalue weighted by Gasteiger charge is -2.36. The van der Waals surface area contributed by atoms with Gasteiger partial charge in [-0.15, -0.1) is 11.8 Å². The Kier molecular flexibility index (Phi) is 6.12. The highest BCUT2D eigenvalue weighted by Gasteiger charge is 2.35. The van der Waals surface area contributed by atoms with E-state index in [-0.39, 0.29) is 24.1 Å². The second kappa shape index (κ2) is 9.57. The highest BCUT2D eigenvalue weighted by atomic mass is 32.2. The molecule has 0 radical (unpaired) electrons. The maximum absolute atomic E-state index is 12.7. The number of hydrogen-bond acceptors (Lipinski definition) is 9. The average molecular weight is 507 g/mol. The summed E-state index contributed by atoms with van der Waals surface area (Å²) in [7, 11) is 1.60. The molecule has 1 aromatic carbocycles. The minimum Gasteiger partial charge on any atom is -0.481 e. The first-order chi connectivity index (χ1) is 17.6. The van der Waals surface area contributed by atoms with Crippen molar-refractivity contribution < 1.29 is 19.1 Å². The molecular formula is C25H26N6O4S. The number of rotatable bonds is 7. The van der Waals surface area contributed by atoms with Crippen LogP contribution in [0.1, 0.15) is 11.6 Å². The van der Waals surface area contributed by atoms with Crippen molar-refractivity contribution in [3.63, 3.8) is 0 Å². The number of nitrogens with zero attached hydrogens (tertiary/aromatic N) is 3. The van der Waals surface area contributed by atoms with E-state index in [0.29, 0.717) is 36.3 Å². The number of aromatic nitrogens is 2. The average Bonchev–Trinajstić information content (AvgIpc) is 3.24. The van der Waals surface area contributed by atoms with Crippen LogP contribution in [0.4, 0.5) is 16.2 Å². The van der Waals surface area contributed by atoms with Crippen LogP contribution in [0, 0.1) is 5.92 Å². The summed E-state index contributed by atoms with van der Waals surface area (Å²) in [5, 5.41) is 9.87. The number of carbonyl (C=O) groups excluding carboxylic acids is 2. The second-order valence-corrected chi connectivity index (χ2v) is 10.1. The van der Waals surface area contributed by atoms with Crippen LogP contribution in [0.15, 0.2) is 47.5 Å². The lowest BCUT2D eigenvalue weighted by molar-refractivity contribution is -0.113. The maximum Gasteiger partial charge on any atom is 0.414 e. The number of anilines is 2. The molecule has 11 heteroatoms. The lowest BCUT2D eigenvalue weighted by Crippen LogP contribution is -2.50. The second-order valence-electron chi connectivity index (χ2n) is 9.06. The van der Waals surface area contributed by atoms with Crippen LogP contribution in [-0.4, -0.2) is 67.1 Å². The van der Waals surface area contributed by atoms with E-state index in [2.05, 4.69) is 25.9 Å². The molecule has 0 saturated carbocycles. The van der Waals surface area contributed by atoms with Crippen molar-refractivity contribution >= 4 is 46.2 Å². The molecule has 186 valence electrons. The van der Waals surface area contributed by atoms with Crippen LogP contribution < -0.4 is 25.6 Å². The van der Waals surface area contributed by atoms with Gasteiger partial charge in [0.25, 0.3) is 0 Å². The van der Waals surface area contributed by atoms with Crippen molar-refractivity contribution in [2.75, 3.05) is 49.3 Å². The molecule has 2 amide bonds. The Labute approximate surface area is 212 Å². The van der Waals surface area contributed by atoms with Crippen molar-refractivity contribution in [2.24, 2.45) is 5.92 Å². The fourth-order valence-electron chi connectivity index (χ4n) is 4.81. The van der Waals surface area contributed by atoms with E-state index in [1.165, 1.54) is 11.8 Å². The minimum absolute atomic E-state index is 0.0140. The highest BCUT2D eigenvalue weighted by Crippen LogP contribution is 2.36. The number of pyridine rings is 2. The van der Waals surface area contributed by atoms with E-state index in [0.717, 1.165) is 40.3 Å². The third kappa shape index (κ3) is 4.34. The predicted molar refractivity (Wildman–Crippen MR) is 137 cm³/mol. The monoisotopic (exact) mass is 506 g/mol. The molecule has 2 saturated heterocycles. The van der Waals surface area contributed by atoms with E-state index in [1.807, 2.05) is 36.4 Å². The molecular weight excluding hydrogens is 480 g/mol. The summed E-state index contributed by atoms with van der Waals surface area (Å²) in [4.78, 5) is 36.2. The van der Waals surface area contributed by atoms with Crippen molar-refractivity contribution in [1.82, 2.24) is 20.6 Å². The van der Waals surface area contributed by atoms with Gasteiger partial charge in [-0.25, -0.2) is 9.78 Å². The summed E-state index contributed by atoms with van der Waals surface area (Å²) in [5.74, 6) is 1.28. The Hall–Kier alpha value is -3.41. The third-order valence-corrected chi connectivity index (χ3v) is 7.84. The van der Waals surface area contributed by atoms with Crippen molar-refractivity contribution in [2.45, 2.75) is 17.0 Å². The molecule has 0 spiro atoms. The highest BCUT2D eigenvalue weighted by molar-refractivity contribution is 8.00. The normalized spacial score (nSPS) is 20.5. The number of benzene rings is 1. The molecule has 2 fully saturated rings. The van der Waals surface area contributed by atoms with Gasteiger partial charge in [-0.3, -0.25) is 14.7 Å². The Balaban J connectivity index is 1.19. The van der Waals surface area contributed by atoms with Gasteiger partial charge in [-0.2, -0.15) is 0 Å². The standard InChI is InChI=1S/C25H26N6O4S/c1-34-22-5-3-18-24(30-22)17(6-7-27-18)23(14-9-26-10-14)28-11-16-12-31(25(33)35-16)15-2-4-20-19(8-15)29-21(32)13-36-20/h2-8,14,16,23,26,28H,9-13H2,1H3,(H,29,32)/t16-,23?/m0/s1. The summed E-state index contributed by atoms with van der Waals surface area (Å²) >= 11 is 1.49. The first kappa shape index (κ1) is 23.0. The summed E-state index contributed by atoms with van der Waals surface area (Å²) in [6.07, 6.45) is 1.10. The Morgan fingerprint density at radius 2 is 2.14 bits per heavy atom. The lowest BCUT2D eigenvalue weighted by atomic mass is 9.88. The Morgan fingerprint density at radius 3 is 2.94 bits per heavy atom. The zero-order valence-electron chi connectivity index (χ0n) is 19.7. The van der Waals surface area contributed by atoms with Crippen LogP contribution in [0.5, 0.6) is 5.88 Å². The molecule has 3 aromatic rings. The Bertz CT molecular complexity index is 1330. The number of nitrogens with one attached hydrogen (secondary N) is 3. The summed E-state index contributed by atoms with van der Waals surface area (Å²) in [6.45, 7) is 2.70. The van der Waals surface area contributed by atoms with Crippen LogP contribution >= 0.6 is 11.8 Å². The van der Waals surface area contributed by atoms with Crippen LogP contribution in [0.3, 0.4) is 0 Å². The van der Waals surface area contributed by atoms with Gasteiger partial charge < -0.3 is 25.4 Å². The molecule has 1 unspecified atom stereocenters. The first-order valence-electron chi connectivity index (χ1n) is 11.9. The van der Waals surface area contributed by atoms with Gasteiger partial charge in [-0.05, 0) is 35.9 Å². The van der Waals surface area contributed by atoms with Gasteiger partial charge in [0.2, 0.25) is 11.8 Å². The quantitative estimate of drug-likeness (QED) is 0.444. The number of cyclic esters (lactones) is 1. The number of thioether (sulfide) groups is 1. The molecule has 0 bridgehead atoms.